The average Bonchev–Trinajstić information content (AvgIpc) is 2.81. The van der Waals surface area contributed by atoms with E-state index in [-0.39, 0.29) is 0 Å². The Labute approximate surface area is 120 Å². The second kappa shape index (κ2) is 7.08. The smallest absolute Gasteiger partial charge is 0.0169 e. The monoisotopic (exact) mass is 266 g/mol. The van der Waals surface area contributed by atoms with Gasteiger partial charge in [-0.25, -0.2) is 0 Å². The van der Waals surface area contributed by atoms with Crippen molar-refractivity contribution in [2.24, 2.45) is 17.8 Å². The van der Waals surface area contributed by atoms with Crippen LogP contribution >= 0.6 is 0 Å². The molecule has 2 nitrogen and oxygen atoms in total. The Morgan fingerprint density at radius 3 is 2.42 bits per heavy atom. The van der Waals surface area contributed by atoms with Gasteiger partial charge in [0.15, 0.2) is 0 Å². The van der Waals surface area contributed by atoms with Crippen molar-refractivity contribution in [2.75, 3.05) is 19.6 Å². The Kier molecular flexibility index (Phi) is 5.70. The van der Waals surface area contributed by atoms with E-state index in [4.69, 9.17) is 0 Å². The Hall–Kier alpha value is -0.0800. The van der Waals surface area contributed by atoms with Crippen molar-refractivity contribution >= 4 is 0 Å². The molecule has 112 valence electrons. The summed E-state index contributed by atoms with van der Waals surface area (Å²) in [5.41, 5.74) is 0. The molecule has 0 spiro atoms. The summed E-state index contributed by atoms with van der Waals surface area (Å²) in [6.45, 7) is 13.5. The van der Waals surface area contributed by atoms with Crippen molar-refractivity contribution in [3.05, 3.63) is 0 Å². The molecule has 1 aliphatic heterocycles. The lowest BCUT2D eigenvalue weighted by Crippen LogP contribution is -2.49. The standard InChI is InChI=1S/C17H34N2/c1-13(2)16-8-7-14(3)11-17(16)18-15(4)12-19-9-5-6-10-19/h13-18H,5-12H2,1-4H3. The third-order valence-electron chi connectivity index (χ3n) is 5.25. The number of nitrogens with one attached hydrogen (secondary N) is 1. The summed E-state index contributed by atoms with van der Waals surface area (Å²) in [6.07, 6.45) is 7.05. The van der Waals surface area contributed by atoms with Gasteiger partial charge in [-0.3, -0.25) is 0 Å². The van der Waals surface area contributed by atoms with Gasteiger partial charge in [0, 0.05) is 18.6 Å². The largest absolute Gasteiger partial charge is 0.310 e. The first-order valence-electron chi connectivity index (χ1n) is 8.54. The zero-order chi connectivity index (χ0) is 13.8. The molecule has 4 atom stereocenters. The van der Waals surface area contributed by atoms with Crippen molar-refractivity contribution < 1.29 is 0 Å². The Morgan fingerprint density at radius 2 is 1.79 bits per heavy atom. The SMILES string of the molecule is CC1CCC(C(C)C)C(NC(C)CN2CCCC2)C1. The maximum Gasteiger partial charge on any atom is 0.0169 e. The summed E-state index contributed by atoms with van der Waals surface area (Å²) in [5, 5.41) is 3.97. The summed E-state index contributed by atoms with van der Waals surface area (Å²) >= 11 is 0. The third kappa shape index (κ3) is 4.46. The highest BCUT2D eigenvalue weighted by Gasteiger charge is 2.31. The molecular formula is C17H34N2. The van der Waals surface area contributed by atoms with Crippen molar-refractivity contribution in [1.29, 1.82) is 0 Å². The van der Waals surface area contributed by atoms with Gasteiger partial charge in [0.1, 0.15) is 0 Å². The summed E-state index contributed by atoms with van der Waals surface area (Å²) < 4.78 is 0. The minimum absolute atomic E-state index is 0.648. The van der Waals surface area contributed by atoms with E-state index < -0.39 is 0 Å². The van der Waals surface area contributed by atoms with Crippen LogP contribution in [0.1, 0.15) is 59.8 Å². The predicted octanol–water partition coefficient (Wildman–Crippen LogP) is 3.52. The number of hydrogen-bond acceptors (Lipinski definition) is 2. The van der Waals surface area contributed by atoms with Gasteiger partial charge < -0.3 is 10.2 Å². The second-order valence-electron chi connectivity index (χ2n) is 7.51. The maximum atomic E-state index is 3.97. The minimum atomic E-state index is 0.648. The Bertz CT molecular complexity index is 258. The fourth-order valence-corrected chi connectivity index (χ4v) is 4.16. The normalized spacial score (nSPS) is 34.9. The van der Waals surface area contributed by atoms with E-state index in [0.29, 0.717) is 6.04 Å². The minimum Gasteiger partial charge on any atom is -0.310 e. The average molecular weight is 266 g/mol. The van der Waals surface area contributed by atoms with E-state index >= 15 is 0 Å². The molecule has 0 aromatic heterocycles. The lowest BCUT2D eigenvalue weighted by Gasteiger charge is -2.40. The molecular weight excluding hydrogens is 232 g/mol. The van der Waals surface area contributed by atoms with Gasteiger partial charge in [0.2, 0.25) is 0 Å². The molecule has 0 bridgehead atoms. The first kappa shape index (κ1) is 15.3. The van der Waals surface area contributed by atoms with Crippen LogP contribution in [0.5, 0.6) is 0 Å². The molecule has 1 saturated carbocycles. The quantitative estimate of drug-likeness (QED) is 0.819. The van der Waals surface area contributed by atoms with E-state index in [0.717, 1.165) is 23.8 Å². The van der Waals surface area contributed by atoms with Gasteiger partial charge in [-0.1, -0.05) is 27.2 Å². The summed E-state index contributed by atoms with van der Waals surface area (Å²) in [4.78, 5) is 2.63. The van der Waals surface area contributed by atoms with Crippen molar-refractivity contribution in [2.45, 2.75) is 71.9 Å². The van der Waals surface area contributed by atoms with Crippen LogP contribution in [0.4, 0.5) is 0 Å². The molecule has 0 amide bonds. The summed E-state index contributed by atoms with van der Waals surface area (Å²) in [6, 6.07) is 1.40. The van der Waals surface area contributed by atoms with Crippen molar-refractivity contribution in [1.82, 2.24) is 10.2 Å². The molecule has 0 aromatic carbocycles. The summed E-state index contributed by atoms with van der Waals surface area (Å²) in [7, 11) is 0. The summed E-state index contributed by atoms with van der Waals surface area (Å²) in [5.74, 6) is 2.62. The van der Waals surface area contributed by atoms with Crippen LogP contribution in [0, 0.1) is 17.8 Å². The maximum absolute atomic E-state index is 3.97. The van der Waals surface area contributed by atoms with Crippen LogP contribution in [-0.2, 0) is 0 Å². The van der Waals surface area contributed by atoms with Gasteiger partial charge >= 0.3 is 0 Å². The number of likely N-dealkylation sites (tertiary alicyclic amines) is 1. The molecule has 0 aromatic rings. The second-order valence-corrected chi connectivity index (χ2v) is 7.51. The zero-order valence-electron chi connectivity index (χ0n) is 13.5. The Morgan fingerprint density at radius 1 is 1.11 bits per heavy atom. The first-order valence-corrected chi connectivity index (χ1v) is 8.54. The molecule has 2 fully saturated rings. The number of rotatable bonds is 5. The van der Waals surface area contributed by atoms with Crippen LogP contribution in [0.2, 0.25) is 0 Å². The Balaban J connectivity index is 1.83. The van der Waals surface area contributed by atoms with Crippen LogP contribution in [0.3, 0.4) is 0 Å². The zero-order valence-corrected chi connectivity index (χ0v) is 13.5. The lowest BCUT2D eigenvalue weighted by atomic mass is 9.74. The van der Waals surface area contributed by atoms with Crippen LogP contribution in [0.15, 0.2) is 0 Å². The number of hydrogen-bond donors (Lipinski definition) is 1. The number of nitrogens with zero attached hydrogens (tertiary/aromatic N) is 1. The molecule has 19 heavy (non-hydrogen) atoms. The molecule has 1 aliphatic carbocycles. The molecule has 0 radical (unpaired) electrons. The highest BCUT2D eigenvalue weighted by atomic mass is 15.2. The highest BCUT2D eigenvalue weighted by Crippen LogP contribution is 2.33. The molecule has 2 aliphatic rings. The van der Waals surface area contributed by atoms with Gasteiger partial charge in [-0.15, -0.1) is 0 Å². The van der Waals surface area contributed by atoms with E-state index in [9.17, 15) is 0 Å². The van der Waals surface area contributed by atoms with Gasteiger partial charge in [0.05, 0.1) is 0 Å². The molecule has 1 N–H and O–H groups in total. The van der Waals surface area contributed by atoms with E-state index in [1.165, 1.54) is 51.7 Å². The van der Waals surface area contributed by atoms with Gasteiger partial charge in [0.25, 0.3) is 0 Å². The molecule has 2 rings (SSSR count). The molecule has 4 unspecified atom stereocenters. The molecule has 1 saturated heterocycles. The van der Waals surface area contributed by atoms with Crippen molar-refractivity contribution in [3.63, 3.8) is 0 Å². The predicted molar refractivity (Wildman–Crippen MR) is 83.4 cm³/mol. The first-order chi connectivity index (χ1) is 9.06. The van der Waals surface area contributed by atoms with E-state index in [2.05, 4.69) is 37.9 Å². The fraction of sp³-hybridized carbons (Fsp3) is 1.00. The molecule has 2 heteroatoms. The van der Waals surface area contributed by atoms with E-state index in [1.54, 1.807) is 0 Å². The van der Waals surface area contributed by atoms with Crippen molar-refractivity contribution in [3.8, 4) is 0 Å². The van der Waals surface area contributed by atoms with Crippen LogP contribution in [0.25, 0.3) is 0 Å². The van der Waals surface area contributed by atoms with Gasteiger partial charge in [-0.2, -0.15) is 0 Å². The van der Waals surface area contributed by atoms with Crippen LogP contribution in [-0.4, -0.2) is 36.6 Å². The highest BCUT2D eigenvalue weighted by molar-refractivity contribution is 4.87. The fourth-order valence-electron chi connectivity index (χ4n) is 4.16. The molecule has 1 heterocycles. The van der Waals surface area contributed by atoms with Crippen LogP contribution < -0.4 is 5.32 Å². The topological polar surface area (TPSA) is 15.3 Å². The van der Waals surface area contributed by atoms with E-state index in [1.807, 2.05) is 0 Å². The lowest BCUT2D eigenvalue weighted by molar-refractivity contribution is 0.152. The van der Waals surface area contributed by atoms with Gasteiger partial charge in [-0.05, 0) is 63.5 Å². The third-order valence-corrected chi connectivity index (χ3v) is 5.25.